The lowest BCUT2D eigenvalue weighted by atomic mass is 10.0. The van der Waals surface area contributed by atoms with Gasteiger partial charge in [0.1, 0.15) is 0 Å². The van der Waals surface area contributed by atoms with Crippen molar-refractivity contribution in [1.82, 2.24) is 10.2 Å². The topological polar surface area (TPSA) is 62.8 Å². The van der Waals surface area contributed by atoms with E-state index in [1.807, 2.05) is 18.2 Å². The van der Waals surface area contributed by atoms with E-state index in [1.165, 1.54) is 19.4 Å². The molecule has 7 heteroatoms. The van der Waals surface area contributed by atoms with Crippen LogP contribution in [0.4, 0.5) is 5.69 Å². The van der Waals surface area contributed by atoms with Crippen molar-refractivity contribution in [3.05, 3.63) is 18.2 Å². The number of halogens is 1. The van der Waals surface area contributed by atoms with Gasteiger partial charge in [-0.15, -0.1) is 12.4 Å². The minimum atomic E-state index is 0. The number of carbonyl (C=O) groups is 1. The van der Waals surface area contributed by atoms with Crippen LogP contribution in [-0.4, -0.2) is 49.8 Å². The molecule has 2 heterocycles. The number of hydrogen-bond donors (Lipinski definition) is 2. The number of nitrogens with one attached hydrogen (secondary N) is 2. The minimum absolute atomic E-state index is 0. The molecule has 1 saturated heterocycles. The zero-order valence-corrected chi connectivity index (χ0v) is 15.1. The summed E-state index contributed by atoms with van der Waals surface area (Å²) < 4.78 is 10.6. The zero-order chi connectivity index (χ0) is 16.4. The number of anilines is 1. The van der Waals surface area contributed by atoms with Crippen LogP contribution in [0.15, 0.2) is 18.2 Å². The molecule has 4 rings (SSSR count). The Balaban J connectivity index is 0.00000182. The molecule has 25 heavy (non-hydrogen) atoms. The Morgan fingerprint density at radius 2 is 1.88 bits per heavy atom. The van der Waals surface area contributed by atoms with Gasteiger partial charge in [0.05, 0.1) is 6.54 Å². The number of hydrogen-bond acceptors (Lipinski definition) is 5. The molecule has 0 unspecified atom stereocenters. The molecule has 2 fully saturated rings. The van der Waals surface area contributed by atoms with E-state index in [9.17, 15) is 4.79 Å². The lowest BCUT2D eigenvalue weighted by molar-refractivity contribution is -0.117. The van der Waals surface area contributed by atoms with Gasteiger partial charge >= 0.3 is 0 Å². The van der Waals surface area contributed by atoms with Crippen molar-refractivity contribution in [3.63, 3.8) is 0 Å². The van der Waals surface area contributed by atoms with Crippen LogP contribution < -0.4 is 20.1 Å². The first-order valence-electron chi connectivity index (χ1n) is 8.91. The van der Waals surface area contributed by atoms with Crippen molar-refractivity contribution in [3.8, 4) is 11.5 Å². The number of benzene rings is 1. The molecule has 6 nitrogen and oxygen atoms in total. The Morgan fingerprint density at radius 3 is 2.64 bits per heavy atom. The number of nitrogens with zero attached hydrogens (tertiary/aromatic N) is 1. The fourth-order valence-electron chi connectivity index (χ4n) is 3.33. The van der Waals surface area contributed by atoms with E-state index in [2.05, 4.69) is 15.5 Å². The predicted molar refractivity (Wildman–Crippen MR) is 98.6 cm³/mol. The first-order valence-corrected chi connectivity index (χ1v) is 8.91. The lowest BCUT2D eigenvalue weighted by Crippen LogP contribution is -2.45. The highest BCUT2D eigenvalue weighted by molar-refractivity contribution is 5.92. The summed E-state index contributed by atoms with van der Waals surface area (Å²) >= 11 is 0. The molecule has 2 N–H and O–H groups in total. The van der Waals surface area contributed by atoms with Crippen LogP contribution in [0.2, 0.25) is 0 Å². The van der Waals surface area contributed by atoms with E-state index in [4.69, 9.17) is 9.47 Å². The molecule has 1 aromatic rings. The molecule has 1 aromatic carbocycles. The predicted octanol–water partition coefficient (Wildman–Crippen LogP) is 2.24. The smallest absolute Gasteiger partial charge is 0.238 e. The molecule has 3 aliphatic rings. The third-order valence-electron chi connectivity index (χ3n) is 5.00. The van der Waals surface area contributed by atoms with Crippen molar-refractivity contribution in [2.24, 2.45) is 5.92 Å². The summed E-state index contributed by atoms with van der Waals surface area (Å²) in [6.07, 6.45) is 5.05. The quantitative estimate of drug-likeness (QED) is 0.807. The second kappa shape index (κ2) is 8.25. The third kappa shape index (κ3) is 5.00. The van der Waals surface area contributed by atoms with Gasteiger partial charge in [-0.2, -0.15) is 0 Å². The summed E-state index contributed by atoms with van der Waals surface area (Å²) in [6, 6.07) is 6.11. The van der Waals surface area contributed by atoms with Gasteiger partial charge in [-0.1, -0.05) is 0 Å². The molecule has 0 radical (unpaired) electrons. The Kier molecular flexibility index (Phi) is 6.04. The molecule has 0 aromatic heterocycles. The first-order chi connectivity index (χ1) is 11.8. The highest BCUT2D eigenvalue weighted by Gasteiger charge is 2.25. The van der Waals surface area contributed by atoms with Crippen molar-refractivity contribution in [2.45, 2.75) is 31.7 Å². The molecule has 138 valence electrons. The molecule has 0 spiro atoms. The number of carbonyl (C=O) groups excluding carboxylic acids is 1. The summed E-state index contributed by atoms with van der Waals surface area (Å²) in [7, 11) is 0. The average molecular weight is 368 g/mol. The molecule has 0 bridgehead atoms. The highest BCUT2D eigenvalue weighted by atomic mass is 35.5. The van der Waals surface area contributed by atoms with E-state index in [1.54, 1.807) is 0 Å². The standard InChI is InChI=1S/C18H25N3O3.ClH/c22-18(20-15-3-4-16-17(9-15)24-12-23-16)11-21-7-5-14(6-8-21)19-10-13-1-2-13;/h3-4,9,13-14,19H,1-2,5-8,10-12H2,(H,20,22);1H. The molecular weight excluding hydrogens is 342 g/mol. The van der Waals surface area contributed by atoms with E-state index in [0.717, 1.165) is 43.3 Å². The zero-order valence-electron chi connectivity index (χ0n) is 14.3. The summed E-state index contributed by atoms with van der Waals surface area (Å²) in [5, 5.41) is 6.61. The van der Waals surface area contributed by atoms with Crippen LogP contribution in [0.25, 0.3) is 0 Å². The number of rotatable bonds is 6. The number of piperidine rings is 1. The van der Waals surface area contributed by atoms with Crippen molar-refractivity contribution in [2.75, 3.05) is 38.3 Å². The van der Waals surface area contributed by atoms with Gasteiger partial charge < -0.3 is 20.1 Å². The van der Waals surface area contributed by atoms with E-state index in [0.29, 0.717) is 18.3 Å². The Hall–Kier alpha value is -1.50. The monoisotopic (exact) mass is 367 g/mol. The van der Waals surface area contributed by atoms with Gasteiger partial charge in [-0.05, 0) is 50.3 Å². The van der Waals surface area contributed by atoms with Crippen LogP contribution in [0.5, 0.6) is 11.5 Å². The minimum Gasteiger partial charge on any atom is -0.454 e. The molecule has 1 amide bonds. The van der Waals surface area contributed by atoms with Gasteiger partial charge in [0.25, 0.3) is 0 Å². The maximum atomic E-state index is 12.2. The number of fused-ring (bicyclic) bond motifs is 1. The highest BCUT2D eigenvalue weighted by Crippen LogP contribution is 2.34. The van der Waals surface area contributed by atoms with Gasteiger partial charge in [0.2, 0.25) is 12.7 Å². The molecule has 2 aliphatic heterocycles. The maximum absolute atomic E-state index is 12.2. The number of amides is 1. The van der Waals surface area contributed by atoms with Crippen molar-refractivity contribution >= 4 is 24.0 Å². The fourth-order valence-corrected chi connectivity index (χ4v) is 3.33. The summed E-state index contributed by atoms with van der Waals surface area (Å²) in [5.41, 5.74) is 0.755. The second-order valence-electron chi connectivity index (χ2n) is 7.02. The summed E-state index contributed by atoms with van der Waals surface area (Å²) in [6.45, 7) is 3.84. The normalized spacial score (nSPS) is 20.2. The largest absolute Gasteiger partial charge is 0.454 e. The summed E-state index contributed by atoms with van der Waals surface area (Å²) in [5.74, 6) is 2.37. The SMILES string of the molecule is Cl.O=C(CN1CCC(NCC2CC2)CC1)Nc1ccc2c(c1)OCO2. The molecule has 1 aliphatic carbocycles. The van der Waals surface area contributed by atoms with Gasteiger partial charge in [0.15, 0.2) is 11.5 Å². The van der Waals surface area contributed by atoms with Crippen LogP contribution in [-0.2, 0) is 4.79 Å². The molecular formula is C18H26ClN3O3. The van der Waals surface area contributed by atoms with E-state index in [-0.39, 0.29) is 25.1 Å². The lowest BCUT2D eigenvalue weighted by Gasteiger charge is -2.32. The van der Waals surface area contributed by atoms with Gasteiger partial charge in [-0.3, -0.25) is 9.69 Å². The maximum Gasteiger partial charge on any atom is 0.238 e. The molecule has 1 saturated carbocycles. The third-order valence-corrected chi connectivity index (χ3v) is 5.00. The van der Waals surface area contributed by atoms with Crippen molar-refractivity contribution < 1.29 is 14.3 Å². The number of ether oxygens (including phenoxy) is 2. The van der Waals surface area contributed by atoms with E-state index >= 15 is 0 Å². The Labute approximate surface area is 154 Å². The average Bonchev–Trinajstić information content (AvgIpc) is 3.30. The second-order valence-corrected chi connectivity index (χ2v) is 7.02. The Bertz CT molecular complexity index is 601. The van der Waals surface area contributed by atoms with Crippen molar-refractivity contribution in [1.29, 1.82) is 0 Å². The molecule has 0 atom stereocenters. The van der Waals surface area contributed by atoms with Crippen LogP contribution in [0, 0.1) is 5.92 Å². The number of likely N-dealkylation sites (tertiary alicyclic amines) is 1. The Morgan fingerprint density at radius 1 is 1.12 bits per heavy atom. The van der Waals surface area contributed by atoms with Crippen LogP contribution in [0.3, 0.4) is 0 Å². The summed E-state index contributed by atoms with van der Waals surface area (Å²) in [4.78, 5) is 14.5. The van der Waals surface area contributed by atoms with Crippen LogP contribution in [0.1, 0.15) is 25.7 Å². The van der Waals surface area contributed by atoms with Gasteiger partial charge in [-0.25, -0.2) is 0 Å². The van der Waals surface area contributed by atoms with E-state index < -0.39 is 0 Å². The fraction of sp³-hybridized carbons (Fsp3) is 0.611. The first kappa shape index (κ1) is 18.3. The van der Waals surface area contributed by atoms with Gasteiger partial charge in [0, 0.05) is 30.9 Å². The van der Waals surface area contributed by atoms with Crippen LogP contribution >= 0.6 is 12.4 Å².